The Bertz CT molecular complexity index is 629. The third-order valence-corrected chi connectivity index (χ3v) is 2.95. The van der Waals surface area contributed by atoms with E-state index in [0.717, 1.165) is 5.56 Å². The van der Waals surface area contributed by atoms with E-state index in [-0.39, 0.29) is 12.5 Å². The van der Waals surface area contributed by atoms with Crippen molar-refractivity contribution in [1.29, 1.82) is 0 Å². The van der Waals surface area contributed by atoms with Crippen LogP contribution in [0.4, 0.5) is 11.4 Å². The maximum Gasteiger partial charge on any atom is 0.262 e. The predicted molar refractivity (Wildman–Crippen MR) is 81.2 cm³/mol. The van der Waals surface area contributed by atoms with E-state index in [1.165, 1.54) is 0 Å². The van der Waals surface area contributed by atoms with Crippen LogP contribution in [0, 0.1) is 6.92 Å². The van der Waals surface area contributed by atoms with Crippen LogP contribution >= 0.6 is 11.6 Å². The molecule has 1 amide bonds. The first kappa shape index (κ1) is 14.2. The summed E-state index contributed by atoms with van der Waals surface area (Å²) in [4.78, 5) is 11.8. The molecule has 0 atom stereocenters. The molecule has 2 rings (SSSR count). The average Bonchev–Trinajstić information content (AvgIpc) is 2.41. The zero-order valence-electron chi connectivity index (χ0n) is 11.0. The number of benzene rings is 2. The molecule has 2 aromatic rings. The van der Waals surface area contributed by atoms with Gasteiger partial charge in [0.05, 0.1) is 10.7 Å². The number of rotatable bonds is 4. The molecule has 0 unspecified atom stereocenters. The second kappa shape index (κ2) is 6.30. The van der Waals surface area contributed by atoms with E-state index < -0.39 is 0 Å². The Morgan fingerprint density at radius 3 is 2.85 bits per heavy atom. The Morgan fingerprint density at radius 1 is 1.30 bits per heavy atom. The van der Waals surface area contributed by atoms with Gasteiger partial charge < -0.3 is 15.8 Å². The van der Waals surface area contributed by atoms with Crippen molar-refractivity contribution in [3.63, 3.8) is 0 Å². The third-order valence-electron chi connectivity index (χ3n) is 2.62. The number of carbonyl (C=O) groups excluding carboxylic acids is 1. The summed E-state index contributed by atoms with van der Waals surface area (Å²) in [5.74, 6) is 0.274. The van der Waals surface area contributed by atoms with Crippen LogP contribution in [0.2, 0.25) is 5.02 Å². The van der Waals surface area contributed by atoms with Crippen LogP contribution in [0.25, 0.3) is 0 Å². The maximum absolute atomic E-state index is 11.8. The molecule has 0 spiro atoms. The molecule has 0 saturated heterocycles. The van der Waals surface area contributed by atoms with Gasteiger partial charge in [-0.05, 0) is 36.8 Å². The molecule has 0 saturated carbocycles. The minimum Gasteiger partial charge on any atom is -0.484 e. The van der Waals surface area contributed by atoms with Crippen LogP contribution < -0.4 is 15.8 Å². The molecule has 0 radical (unpaired) electrons. The third kappa shape index (κ3) is 3.90. The van der Waals surface area contributed by atoms with Gasteiger partial charge in [-0.3, -0.25) is 4.79 Å². The smallest absolute Gasteiger partial charge is 0.262 e. The molecular weight excluding hydrogens is 276 g/mol. The van der Waals surface area contributed by atoms with Gasteiger partial charge in [-0.15, -0.1) is 0 Å². The quantitative estimate of drug-likeness (QED) is 0.850. The lowest BCUT2D eigenvalue weighted by Crippen LogP contribution is -2.20. The van der Waals surface area contributed by atoms with Gasteiger partial charge in [0.2, 0.25) is 0 Å². The lowest BCUT2D eigenvalue weighted by Gasteiger charge is -2.09. The molecule has 20 heavy (non-hydrogen) atoms. The fourth-order valence-corrected chi connectivity index (χ4v) is 1.84. The van der Waals surface area contributed by atoms with Crippen molar-refractivity contribution in [2.75, 3.05) is 17.7 Å². The van der Waals surface area contributed by atoms with Crippen molar-refractivity contribution in [1.82, 2.24) is 0 Å². The largest absolute Gasteiger partial charge is 0.484 e. The molecule has 0 aliphatic heterocycles. The fourth-order valence-electron chi connectivity index (χ4n) is 1.67. The maximum atomic E-state index is 11.8. The molecule has 0 aliphatic carbocycles. The van der Waals surface area contributed by atoms with Crippen molar-refractivity contribution >= 4 is 28.9 Å². The van der Waals surface area contributed by atoms with E-state index in [1.54, 1.807) is 36.4 Å². The minimum atomic E-state index is -0.278. The predicted octanol–water partition coefficient (Wildman–Crippen LogP) is 3.25. The van der Waals surface area contributed by atoms with Crippen LogP contribution in [0.15, 0.2) is 42.5 Å². The van der Waals surface area contributed by atoms with Crippen molar-refractivity contribution in [2.45, 2.75) is 6.92 Å². The van der Waals surface area contributed by atoms with Gasteiger partial charge in [0.25, 0.3) is 5.91 Å². The van der Waals surface area contributed by atoms with Crippen molar-refractivity contribution in [3.05, 3.63) is 53.1 Å². The topological polar surface area (TPSA) is 64.3 Å². The highest BCUT2D eigenvalue weighted by atomic mass is 35.5. The molecule has 0 fully saturated rings. The van der Waals surface area contributed by atoms with E-state index in [4.69, 9.17) is 22.1 Å². The normalized spacial score (nSPS) is 10.1. The summed E-state index contributed by atoms with van der Waals surface area (Å²) in [6.07, 6.45) is 0. The van der Waals surface area contributed by atoms with Gasteiger partial charge in [0.1, 0.15) is 5.75 Å². The number of nitrogen functional groups attached to an aromatic ring is 1. The van der Waals surface area contributed by atoms with Crippen LogP contribution in [0.5, 0.6) is 5.75 Å². The molecule has 0 heterocycles. The van der Waals surface area contributed by atoms with Gasteiger partial charge in [-0.1, -0.05) is 23.7 Å². The van der Waals surface area contributed by atoms with Crippen LogP contribution in [-0.2, 0) is 4.79 Å². The van der Waals surface area contributed by atoms with Gasteiger partial charge >= 0.3 is 0 Å². The molecular formula is C15H15ClN2O2. The first-order valence-electron chi connectivity index (χ1n) is 6.09. The van der Waals surface area contributed by atoms with Crippen molar-refractivity contribution in [2.24, 2.45) is 0 Å². The average molecular weight is 291 g/mol. The van der Waals surface area contributed by atoms with Gasteiger partial charge in [0.15, 0.2) is 6.61 Å². The summed E-state index contributed by atoms with van der Waals surface area (Å²) < 4.78 is 5.36. The Balaban J connectivity index is 1.94. The lowest BCUT2D eigenvalue weighted by molar-refractivity contribution is -0.118. The van der Waals surface area contributed by atoms with Gasteiger partial charge in [-0.2, -0.15) is 0 Å². The Morgan fingerprint density at radius 2 is 2.10 bits per heavy atom. The number of halogens is 1. The van der Waals surface area contributed by atoms with E-state index in [0.29, 0.717) is 22.1 Å². The molecule has 104 valence electrons. The zero-order valence-corrected chi connectivity index (χ0v) is 11.8. The summed E-state index contributed by atoms with van der Waals surface area (Å²) in [5, 5.41) is 3.20. The molecule has 3 N–H and O–H groups in total. The van der Waals surface area contributed by atoms with Gasteiger partial charge in [0, 0.05) is 11.8 Å². The second-order valence-corrected chi connectivity index (χ2v) is 4.80. The number of ether oxygens (including phenoxy) is 1. The van der Waals surface area contributed by atoms with Crippen LogP contribution in [0.1, 0.15) is 5.56 Å². The first-order chi connectivity index (χ1) is 9.54. The molecule has 0 bridgehead atoms. The Labute approximate surface area is 122 Å². The second-order valence-electron chi connectivity index (χ2n) is 4.39. The number of amides is 1. The number of anilines is 2. The number of hydrogen-bond acceptors (Lipinski definition) is 3. The summed E-state index contributed by atoms with van der Waals surface area (Å²) in [5.41, 5.74) is 7.81. The SMILES string of the molecule is Cc1ccc(Cl)c(NC(=O)COc2cccc(N)c2)c1. The summed E-state index contributed by atoms with van der Waals surface area (Å²) in [6, 6.07) is 12.3. The highest BCUT2D eigenvalue weighted by Crippen LogP contribution is 2.22. The number of aryl methyl sites for hydroxylation is 1. The summed E-state index contributed by atoms with van der Waals surface area (Å²) in [6.45, 7) is 1.82. The van der Waals surface area contributed by atoms with E-state index in [2.05, 4.69) is 5.32 Å². The monoisotopic (exact) mass is 290 g/mol. The van der Waals surface area contributed by atoms with E-state index >= 15 is 0 Å². The van der Waals surface area contributed by atoms with Crippen LogP contribution in [-0.4, -0.2) is 12.5 Å². The van der Waals surface area contributed by atoms with Crippen LogP contribution in [0.3, 0.4) is 0 Å². The lowest BCUT2D eigenvalue weighted by atomic mass is 10.2. The summed E-state index contributed by atoms with van der Waals surface area (Å²) in [7, 11) is 0. The molecule has 2 aromatic carbocycles. The Kier molecular flexibility index (Phi) is 4.48. The molecule has 0 aromatic heterocycles. The van der Waals surface area contributed by atoms with E-state index in [1.807, 2.05) is 13.0 Å². The fraction of sp³-hybridized carbons (Fsp3) is 0.133. The van der Waals surface area contributed by atoms with Crippen molar-refractivity contribution in [3.8, 4) is 5.75 Å². The Hall–Kier alpha value is -2.20. The number of nitrogens with two attached hydrogens (primary N) is 1. The standard InChI is InChI=1S/C15H15ClN2O2/c1-10-5-6-13(16)14(7-10)18-15(19)9-20-12-4-2-3-11(17)8-12/h2-8H,9,17H2,1H3,(H,18,19). The number of hydrogen-bond donors (Lipinski definition) is 2. The van der Waals surface area contributed by atoms with Crippen molar-refractivity contribution < 1.29 is 9.53 Å². The minimum absolute atomic E-state index is 0.103. The molecule has 4 nitrogen and oxygen atoms in total. The molecule has 0 aliphatic rings. The first-order valence-corrected chi connectivity index (χ1v) is 6.47. The van der Waals surface area contributed by atoms with E-state index in [9.17, 15) is 4.79 Å². The zero-order chi connectivity index (χ0) is 14.5. The highest BCUT2D eigenvalue weighted by Gasteiger charge is 2.07. The number of nitrogens with one attached hydrogen (secondary N) is 1. The van der Waals surface area contributed by atoms with Gasteiger partial charge in [-0.25, -0.2) is 0 Å². The molecule has 5 heteroatoms. The highest BCUT2D eigenvalue weighted by molar-refractivity contribution is 6.33. The summed E-state index contributed by atoms with van der Waals surface area (Å²) >= 11 is 6.01. The number of carbonyl (C=O) groups is 1.